The van der Waals surface area contributed by atoms with Crippen LogP contribution in [0.25, 0.3) is 0 Å². The fraction of sp³-hybridized carbons (Fsp3) is 1.00. The summed E-state index contributed by atoms with van der Waals surface area (Å²) in [6.45, 7) is 2.29. The van der Waals surface area contributed by atoms with Crippen molar-refractivity contribution in [3.8, 4) is 0 Å². The van der Waals surface area contributed by atoms with Crippen molar-refractivity contribution in [3.05, 3.63) is 0 Å². The average Bonchev–Trinajstić information content (AvgIpc) is 2.38. The van der Waals surface area contributed by atoms with Gasteiger partial charge in [0.2, 0.25) is 0 Å². The molecular formula is C18H39ClSn. The first-order chi connectivity index (χ1) is 9.56. The van der Waals surface area contributed by atoms with E-state index in [1.54, 1.807) is 0 Å². The van der Waals surface area contributed by atoms with Crippen LogP contribution >= 0.6 is 8.92 Å². The predicted molar refractivity (Wildman–Crippen MR) is 98.5 cm³/mol. The van der Waals surface area contributed by atoms with Crippen LogP contribution in [0.15, 0.2) is 0 Å². The minimum absolute atomic E-state index is 1.37. The molecule has 0 spiro atoms. The van der Waals surface area contributed by atoms with Crippen LogP contribution < -0.4 is 0 Å². The molecule has 0 atom stereocenters. The summed E-state index contributed by atoms with van der Waals surface area (Å²) >= 11 is -1.95. The van der Waals surface area contributed by atoms with Gasteiger partial charge < -0.3 is 0 Å². The topological polar surface area (TPSA) is 0 Å². The quantitative estimate of drug-likeness (QED) is 0.190. The standard InChI is InChI=1S/C16H33.2CH3.ClH.Sn/c1-3-5-7-9-11-13-15-16-14-12-10-8-6-4-2;;;;/h1,3-16H2,2H3;2*1H3;1H;/q;;;;+1/p-1. The van der Waals surface area contributed by atoms with Crippen LogP contribution in [0.1, 0.15) is 96.8 Å². The van der Waals surface area contributed by atoms with Crippen LogP contribution in [0.4, 0.5) is 0 Å². The molecule has 0 saturated heterocycles. The van der Waals surface area contributed by atoms with Gasteiger partial charge in [-0.25, -0.2) is 0 Å². The van der Waals surface area contributed by atoms with Gasteiger partial charge in [-0.1, -0.05) is 26.2 Å². The van der Waals surface area contributed by atoms with Gasteiger partial charge >= 0.3 is 111 Å². The summed E-state index contributed by atoms with van der Waals surface area (Å²) in [4.78, 5) is 4.66. The molecule has 0 amide bonds. The van der Waals surface area contributed by atoms with Crippen LogP contribution in [0.3, 0.4) is 0 Å². The normalized spacial score (nSPS) is 12.0. The predicted octanol–water partition coefficient (Wildman–Crippen LogP) is 7.91. The number of halogens is 1. The van der Waals surface area contributed by atoms with E-state index in [2.05, 4.69) is 16.8 Å². The second kappa shape index (κ2) is 15.0. The van der Waals surface area contributed by atoms with Crippen molar-refractivity contribution in [2.75, 3.05) is 0 Å². The van der Waals surface area contributed by atoms with Gasteiger partial charge in [0.05, 0.1) is 0 Å². The van der Waals surface area contributed by atoms with E-state index >= 15 is 0 Å². The molecule has 0 aliphatic heterocycles. The van der Waals surface area contributed by atoms with Crippen LogP contribution in [0, 0.1) is 0 Å². The number of hydrogen-bond acceptors (Lipinski definition) is 0. The van der Waals surface area contributed by atoms with Crippen molar-refractivity contribution in [1.82, 2.24) is 0 Å². The van der Waals surface area contributed by atoms with E-state index in [1.165, 1.54) is 94.3 Å². The Hall–Kier alpha value is 1.09. The fourth-order valence-corrected chi connectivity index (χ4v) is 6.75. The Labute approximate surface area is 137 Å². The Morgan fingerprint density at radius 1 is 0.550 bits per heavy atom. The van der Waals surface area contributed by atoms with Crippen molar-refractivity contribution in [1.29, 1.82) is 0 Å². The first kappa shape index (κ1) is 21.1. The molecule has 2 heteroatoms. The minimum atomic E-state index is -1.95. The van der Waals surface area contributed by atoms with Gasteiger partial charge in [-0.05, 0) is 0 Å². The van der Waals surface area contributed by atoms with Crippen molar-refractivity contribution >= 4 is 26.2 Å². The first-order valence-corrected chi connectivity index (χ1v) is 20.6. The summed E-state index contributed by atoms with van der Waals surface area (Å²) in [6.07, 6.45) is 20.3. The Kier molecular flexibility index (Phi) is 15.8. The molecule has 0 rings (SSSR count). The zero-order valence-corrected chi connectivity index (χ0v) is 18.1. The van der Waals surface area contributed by atoms with Gasteiger partial charge in [0.25, 0.3) is 0 Å². The Morgan fingerprint density at radius 2 is 0.850 bits per heavy atom. The van der Waals surface area contributed by atoms with Gasteiger partial charge in [0.15, 0.2) is 0 Å². The van der Waals surface area contributed by atoms with Gasteiger partial charge in [-0.2, -0.15) is 0 Å². The number of unbranched alkanes of at least 4 members (excludes halogenated alkanes) is 13. The second-order valence-corrected chi connectivity index (χ2v) is 25.2. The Morgan fingerprint density at radius 3 is 1.15 bits per heavy atom. The second-order valence-electron chi connectivity index (χ2n) is 7.06. The summed E-state index contributed by atoms with van der Waals surface area (Å²) in [5, 5.41) is 0. The van der Waals surface area contributed by atoms with Gasteiger partial charge in [0.1, 0.15) is 0 Å². The summed E-state index contributed by atoms with van der Waals surface area (Å²) < 4.78 is 1.37. The monoisotopic (exact) mass is 410 g/mol. The molecule has 0 heterocycles. The molecule has 0 bridgehead atoms. The van der Waals surface area contributed by atoms with E-state index in [-0.39, 0.29) is 0 Å². The molecule has 122 valence electrons. The third kappa shape index (κ3) is 19.1. The maximum atomic E-state index is 6.39. The molecular weight excluding hydrogens is 370 g/mol. The van der Waals surface area contributed by atoms with Gasteiger partial charge in [-0.3, -0.25) is 0 Å². The molecule has 0 aromatic heterocycles. The summed E-state index contributed by atoms with van der Waals surface area (Å²) in [6, 6.07) is 0. The number of rotatable bonds is 15. The molecule has 0 aliphatic rings. The van der Waals surface area contributed by atoms with Crippen molar-refractivity contribution in [2.24, 2.45) is 0 Å². The summed E-state index contributed by atoms with van der Waals surface area (Å²) in [7, 11) is 6.39. The molecule has 0 unspecified atom stereocenters. The van der Waals surface area contributed by atoms with E-state index in [0.29, 0.717) is 0 Å². The molecule has 0 fully saturated rings. The third-order valence-corrected chi connectivity index (χ3v) is 9.80. The molecule has 0 radical (unpaired) electrons. The molecule has 20 heavy (non-hydrogen) atoms. The molecule has 0 nitrogen and oxygen atoms in total. The molecule has 0 aromatic carbocycles. The van der Waals surface area contributed by atoms with E-state index in [4.69, 9.17) is 8.92 Å². The summed E-state index contributed by atoms with van der Waals surface area (Å²) in [5.74, 6) is 0. The summed E-state index contributed by atoms with van der Waals surface area (Å²) in [5.41, 5.74) is 0. The van der Waals surface area contributed by atoms with E-state index in [0.717, 1.165) is 0 Å². The van der Waals surface area contributed by atoms with E-state index in [1.807, 2.05) is 0 Å². The Bertz CT molecular complexity index is 186. The first-order valence-electron chi connectivity index (χ1n) is 9.25. The zero-order chi connectivity index (χ0) is 15.1. The average molecular weight is 410 g/mol. The van der Waals surface area contributed by atoms with Crippen molar-refractivity contribution in [3.63, 3.8) is 0 Å². The van der Waals surface area contributed by atoms with E-state index < -0.39 is 17.3 Å². The van der Waals surface area contributed by atoms with Gasteiger partial charge in [0, 0.05) is 0 Å². The van der Waals surface area contributed by atoms with Crippen LogP contribution in [-0.4, -0.2) is 17.3 Å². The van der Waals surface area contributed by atoms with E-state index in [9.17, 15) is 0 Å². The zero-order valence-electron chi connectivity index (χ0n) is 14.5. The van der Waals surface area contributed by atoms with Crippen LogP contribution in [-0.2, 0) is 0 Å². The molecule has 0 saturated carbocycles. The van der Waals surface area contributed by atoms with Crippen molar-refractivity contribution < 1.29 is 0 Å². The SMILES string of the molecule is CCCCCCCCCCCCCCC[CH2][Sn]([CH3])([CH3])[Cl]. The van der Waals surface area contributed by atoms with Crippen LogP contribution in [0.5, 0.6) is 0 Å². The Balaban J connectivity index is 2.99. The molecule has 0 aliphatic carbocycles. The molecule has 0 aromatic rings. The maximum absolute atomic E-state index is 6.39. The fourth-order valence-electron chi connectivity index (χ4n) is 2.74. The van der Waals surface area contributed by atoms with Gasteiger partial charge in [-0.15, -0.1) is 0 Å². The van der Waals surface area contributed by atoms with Crippen molar-refractivity contribution in [2.45, 2.75) is 111 Å². The van der Waals surface area contributed by atoms with Crippen LogP contribution in [0.2, 0.25) is 14.3 Å². The third-order valence-electron chi connectivity index (χ3n) is 4.12. The number of hydrogen-bond donors (Lipinski definition) is 0. The molecule has 0 N–H and O–H groups in total.